The summed E-state index contributed by atoms with van der Waals surface area (Å²) >= 11 is 3.03. The first kappa shape index (κ1) is 15.9. The summed E-state index contributed by atoms with van der Waals surface area (Å²) in [7, 11) is 0. The maximum Gasteiger partial charge on any atom is 0.361 e. The van der Waals surface area contributed by atoms with Crippen LogP contribution in [-0.4, -0.2) is 22.4 Å². The number of nitrogens with zero attached hydrogens (tertiary/aromatic N) is 3. The second-order valence-corrected chi connectivity index (χ2v) is 4.84. The number of carbonyl (C=O) groups is 1. The van der Waals surface area contributed by atoms with Gasteiger partial charge in [-0.15, -0.1) is 0 Å². The Kier molecular flexibility index (Phi) is 4.42. The smallest absolute Gasteiger partial charge is 0.361 e. The molecule has 22 heavy (non-hydrogen) atoms. The molecule has 0 amide bonds. The Morgan fingerprint density at radius 3 is 2.59 bits per heavy atom. The minimum atomic E-state index is -1.02. The number of carbonyl (C=O) groups excluding carboxylic acids is 1. The van der Waals surface area contributed by atoms with Crippen molar-refractivity contribution in [1.82, 2.24) is 9.78 Å². The molecular weight excluding hydrogens is 362 g/mol. The van der Waals surface area contributed by atoms with Gasteiger partial charge in [-0.1, -0.05) is 0 Å². The van der Waals surface area contributed by atoms with Gasteiger partial charge >= 0.3 is 5.97 Å². The van der Waals surface area contributed by atoms with Gasteiger partial charge in [0, 0.05) is 0 Å². The predicted molar refractivity (Wildman–Crippen MR) is 76.3 cm³/mol. The van der Waals surface area contributed by atoms with Crippen molar-refractivity contribution in [1.29, 1.82) is 5.26 Å². The van der Waals surface area contributed by atoms with Crippen LogP contribution in [0.15, 0.2) is 16.7 Å². The van der Waals surface area contributed by atoms with E-state index in [0.717, 1.165) is 16.8 Å². The lowest BCUT2D eigenvalue weighted by molar-refractivity contribution is 0.0520. The van der Waals surface area contributed by atoms with Gasteiger partial charge in [-0.3, -0.25) is 0 Å². The van der Waals surface area contributed by atoms with Gasteiger partial charge in [-0.25, -0.2) is 18.3 Å². The molecule has 0 saturated heterocycles. The molecule has 0 saturated carbocycles. The van der Waals surface area contributed by atoms with Crippen molar-refractivity contribution in [2.45, 2.75) is 6.92 Å². The normalized spacial score (nSPS) is 10.3. The first-order valence-electron chi connectivity index (χ1n) is 6.01. The lowest BCUT2D eigenvalue weighted by Crippen LogP contribution is -2.09. The van der Waals surface area contributed by atoms with Gasteiger partial charge < -0.3 is 10.5 Å². The van der Waals surface area contributed by atoms with Crippen LogP contribution in [0.5, 0.6) is 0 Å². The molecule has 2 N–H and O–H groups in total. The van der Waals surface area contributed by atoms with E-state index in [1.165, 1.54) is 0 Å². The predicted octanol–water partition coefficient (Wildman–Crippen LogP) is 2.54. The van der Waals surface area contributed by atoms with Crippen LogP contribution < -0.4 is 5.73 Å². The molecule has 0 unspecified atom stereocenters. The van der Waals surface area contributed by atoms with E-state index in [1.807, 2.05) is 0 Å². The van der Waals surface area contributed by atoms with Crippen molar-refractivity contribution in [3.8, 4) is 11.8 Å². The molecule has 0 spiro atoms. The Balaban J connectivity index is 2.63. The molecule has 1 aromatic carbocycles. The molecule has 1 aromatic heterocycles. The summed E-state index contributed by atoms with van der Waals surface area (Å²) < 4.78 is 33.6. The van der Waals surface area contributed by atoms with E-state index in [4.69, 9.17) is 15.7 Å². The number of nitrogens with two attached hydrogens (primary N) is 1. The standard InChI is InChI=1S/C13H9BrF2N4O2/c1-2-22-13(21)10-9(18)12(14)20(19-10)11-7(15)3-6(5-17)4-8(11)16/h3-4H,2,18H2,1H3. The average Bonchev–Trinajstić information content (AvgIpc) is 2.75. The quantitative estimate of drug-likeness (QED) is 0.837. The Morgan fingerprint density at radius 2 is 2.09 bits per heavy atom. The summed E-state index contributed by atoms with van der Waals surface area (Å²) in [5.41, 5.74) is 4.58. The number of halogens is 3. The van der Waals surface area contributed by atoms with Crippen LogP contribution in [0.4, 0.5) is 14.5 Å². The summed E-state index contributed by atoms with van der Waals surface area (Å²) in [6.07, 6.45) is 0. The highest BCUT2D eigenvalue weighted by Crippen LogP contribution is 2.29. The molecule has 0 aliphatic rings. The molecule has 2 aromatic rings. The molecule has 0 fully saturated rings. The van der Waals surface area contributed by atoms with Gasteiger partial charge in [0.2, 0.25) is 0 Å². The van der Waals surface area contributed by atoms with E-state index in [-0.39, 0.29) is 28.2 Å². The van der Waals surface area contributed by atoms with Crippen molar-refractivity contribution in [3.05, 3.63) is 39.6 Å². The second kappa shape index (κ2) is 6.11. The Morgan fingerprint density at radius 1 is 1.50 bits per heavy atom. The summed E-state index contributed by atoms with van der Waals surface area (Å²) in [6, 6.07) is 3.34. The number of rotatable bonds is 3. The maximum absolute atomic E-state index is 14.0. The van der Waals surface area contributed by atoms with E-state index in [2.05, 4.69) is 21.0 Å². The SMILES string of the molecule is CCOC(=O)c1nn(-c2c(F)cc(C#N)cc2F)c(Br)c1N. The summed E-state index contributed by atoms with van der Waals surface area (Å²) in [5, 5.41) is 12.5. The van der Waals surface area contributed by atoms with E-state index >= 15 is 0 Å². The van der Waals surface area contributed by atoms with Gasteiger partial charge in [-0.05, 0) is 35.0 Å². The maximum atomic E-state index is 14.0. The fourth-order valence-electron chi connectivity index (χ4n) is 1.74. The number of aromatic nitrogens is 2. The minimum Gasteiger partial charge on any atom is -0.461 e. The monoisotopic (exact) mass is 370 g/mol. The average molecular weight is 371 g/mol. The molecule has 114 valence electrons. The summed E-state index contributed by atoms with van der Waals surface area (Å²) in [5.74, 6) is -2.85. The Labute approximate surface area is 132 Å². The molecule has 6 nitrogen and oxygen atoms in total. The molecule has 0 bridgehead atoms. The number of nitrogen functional groups attached to an aromatic ring is 1. The summed E-state index contributed by atoms with van der Waals surface area (Å²) in [6.45, 7) is 1.70. The first-order valence-corrected chi connectivity index (χ1v) is 6.80. The Bertz CT molecular complexity index is 775. The van der Waals surface area contributed by atoms with Gasteiger partial charge in [0.1, 0.15) is 16.0 Å². The number of benzene rings is 1. The highest BCUT2D eigenvalue weighted by atomic mass is 79.9. The van der Waals surface area contributed by atoms with E-state index in [0.29, 0.717) is 0 Å². The molecule has 0 aliphatic carbocycles. The topological polar surface area (TPSA) is 93.9 Å². The molecule has 9 heteroatoms. The van der Waals surface area contributed by atoms with E-state index in [1.54, 1.807) is 13.0 Å². The lowest BCUT2D eigenvalue weighted by atomic mass is 10.2. The van der Waals surface area contributed by atoms with Crippen LogP contribution in [0.25, 0.3) is 5.69 Å². The van der Waals surface area contributed by atoms with Crippen LogP contribution in [0.3, 0.4) is 0 Å². The van der Waals surface area contributed by atoms with Crippen molar-refractivity contribution in [2.75, 3.05) is 12.3 Å². The lowest BCUT2D eigenvalue weighted by Gasteiger charge is -2.06. The van der Waals surface area contributed by atoms with Crippen LogP contribution in [-0.2, 0) is 4.74 Å². The third kappa shape index (κ3) is 2.65. The van der Waals surface area contributed by atoms with Crippen LogP contribution >= 0.6 is 15.9 Å². The third-order valence-corrected chi connectivity index (χ3v) is 3.45. The molecule has 1 heterocycles. The fraction of sp³-hybridized carbons (Fsp3) is 0.154. The number of ether oxygens (including phenoxy) is 1. The molecule has 0 radical (unpaired) electrons. The highest BCUT2D eigenvalue weighted by molar-refractivity contribution is 9.10. The molecule has 2 rings (SSSR count). The van der Waals surface area contributed by atoms with Crippen molar-refractivity contribution < 1.29 is 18.3 Å². The van der Waals surface area contributed by atoms with Gasteiger partial charge in [-0.2, -0.15) is 10.4 Å². The van der Waals surface area contributed by atoms with Crippen LogP contribution in [0.2, 0.25) is 0 Å². The van der Waals surface area contributed by atoms with Crippen molar-refractivity contribution in [2.24, 2.45) is 0 Å². The minimum absolute atomic E-state index is 0.00180. The van der Waals surface area contributed by atoms with Crippen molar-refractivity contribution >= 4 is 27.6 Å². The number of anilines is 1. The third-order valence-electron chi connectivity index (χ3n) is 2.69. The van der Waals surface area contributed by atoms with Crippen LogP contribution in [0, 0.1) is 23.0 Å². The summed E-state index contributed by atoms with van der Waals surface area (Å²) in [4.78, 5) is 11.7. The number of hydrogen-bond donors (Lipinski definition) is 1. The highest BCUT2D eigenvalue weighted by Gasteiger charge is 2.25. The molecular formula is C13H9BrF2N4O2. The van der Waals surface area contributed by atoms with Crippen molar-refractivity contribution in [3.63, 3.8) is 0 Å². The number of esters is 1. The van der Waals surface area contributed by atoms with Crippen LogP contribution in [0.1, 0.15) is 23.0 Å². The van der Waals surface area contributed by atoms with Gasteiger partial charge in [0.15, 0.2) is 17.3 Å². The molecule has 0 aliphatic heterocycles. The number of nitriles is 1. The zero-order valence-electron chi connectivity index (χ0n) is 11.2. The zero-order chi connectivity index (χ0) is 16.4. The van der Waals surface area contributed by atoms with Gasteiger partial charge in [0.25, 0.3) is 0 Å². The first-order chi connectivity index (χ1) is 10.4. The molecule has 0 atom stereocenters. The fourth-order valence-corrected chi connectivity index (χ4v) is 2.18. The second-order valence-electron chi connectivity index (χ2n) is 4.09. The Hall–Kier alpha value is -2.47. The largest absolute Gasteiger partial charge is 0.461 e. The zero-order valence-corrected chi connectivity index (χ0v) is 12.8. The number of hydrogen-bond acceptors (Lipinski definition) is 5. The van der Waals surface area contributed by atoms with Gasteiger partial charge in [0.05, 0.1) is 18.2 Å². The van der Waals surface area contributed by atoms with E-state index < -0.39 is 23.3 Å². The van der Waals surface area contributed by atoms with E-state index in [9.17, 15) is 13.6 Å².